The molecule has 0 bridgehead atoms. The summed E-state index contributed by atoms with van der Waals surface area (Å²) in [6.45, 7) is 1.19. The van der Waals surface area contributed by atoms with E-state index in [9.17, 15) is 13.6 Å². The Balaban J connectivity index is 3.91. The molecule has 0 aliphatic rings. The summed E-state index contributed by atoms with van der Waals surface area (Å²) in [5.41, 5.74) is 0. The standard InChI is InChI=1S/C4H5ClF2O/c1-2-4(6,7)3(5)8/h2H2,1H3. The molecular formula is C4H5ClF2O. The highest BCUT2D eigenvalue weighted by Gasteiger charge is 2.34. The summed E-state index contributed by atoms with van der Waals surface area (Å²) in [6, 6.07) is 0. The molecule has 0 saturated carbocycles. The molecule has 0 aromatic carbocycles. The Hall–Kier alpha value is -0.180. The number of rotatable bonds is 2. The number of halogens is 3. The Kier molecular flexibility index (Phi) is 2.34. The summed E-state index contributed by atoms with van der Waals surface area (Å²) in [4.78, 5) is 9.71. The van der Waals surface area contributed by atoms with Crippen molar-refractivity contribution >= 4 is 16.8 Å². The van der Waals surface area contributed by atoms with Crippen molar-refractivity contribution in [3.8, 4) is 0 Å². The van der Waals surface area contributed by atoms with Gasteiger partial charge in [0.2, 0.25) is 0 Å². The molecule has 0 fully saturated rings. The van der Waals surface area contributed by atoms with Crippen LogP contribution in [0.15, 0.2) is 0 Å². The Bertz CT molecular complexity index is 102. The van der Waals surface area contributed by atoms with Crippen LogP contribution in [-0.2, 0) is 4.79 Å². The van der Waals surface area contributed by atoms with Gasteiger partial charge in [0, 0.05) is 6.42 Å². The van der Waals surface area contributed by atoms with Crippen LogP contribution in [0, 0.1) is 0 Å². The predicted molar refractivity (Wildman–Crippen MR) is 26.1 cm³/mol. The van der Waals surface area contributed by atoms with Crippen LogP contribution in [0.3, 0.4) is 0 Å². The van der Waals surface area contributed by atoms with E-state index >= 15 is 0 Å². The molecule has 0 aliphatic heterocycles. The van der Waals surface area contributed by atoms with Gasteiger partial charge in [0.05, 0.1) is 0 Å². The molecule has 0 saturated heterocycles. The van der Waals surface area contributed by atoms with Crippen LogP contribution in [-0.4, -0.2) is 11.2 Å². The van der Waals surface area contributed by atoms with Gasteiger partial charge in [0.1, 0.15) is 0 Å². The lowest BCUT2D eigenvalue weighted by atomic mass is 10.3. The third-order valence-electron chi connectivity index (χ3n) is 0.732. The van der Waals surface area contributed by atoms with E-state index in [2.05, 4.69) is 11.6 Å². The van der Waals surface area contributed by atoms with Gasteiger partial charge in [-0.25, -0.2) is 0 Å². The molecule has 1 nitrogen and oxygen atoms in total. The molecule has 0 N–H and O–H groups in total. The number of hydrogen-bond donors (Lipinski definition) is 0. The minimum Gasteiger partial charge on any atom is -0.274 e. The highest BCUT2D eigenvalue weighted by molar-refractivity contribution is 6.65. The zero-order valence-electron chi connectivity index (χ0n) is 4.25. The Morgan fingerprint density at radius 3 is 2.12 bits per heavy atom. The molecule has 0 amide bonds. The lowest BCUT2D eigenvalue weighted by Crippen LogP contribution is -2.22. The highest BCUT2D eigenvalue weighted by Crippen LogP contribution is 2.20. The third kappa shape index (κ3) is 1.74. The van der Waals surface area contributed by atoms with E-state index in [1.807, 2.05) is 0 Å². The van der Waals surface area contributed by atoms with Crippen molar-refractivity contribution in [3.63, 3.8) is 0 Å². The van der Waals surface area contributed by atoms with Crippen molar-refractivity contribution in [2.45, 2.75) is 19.3 Å². The van der Waals surface area contributed by atoms with Crippen LogP contribution in [0.2, 0.25) is 0 Å². The van der Waals surface area contributed by atoms with Gasteiger partial charge in [-0.3, -0.25) is 4.79 Å². The first-order valence-corrected chi connectivity index (χ1v) is 2.46. The first kappa shape index (κ1) is 7.82. The fourth-order valence-electron chi connectivity index (χ4n) is 0.139. The second-order valence-electron chi connectivity index (χ2n) is 1.33. The highest BCUT2D eigenvalue weighted by atomic mass is 35.5. The second-order valence-corrected chi connectivity index (χ2v) is 1.67. The van der Waals surface area contributed by atoms with Crippen molar-refractivity contribution < 1.29 is 13.6 Å². The Morgan fingerprint density at radius 1 is 1.75 bits per heavy atom. The van der Waals surface area contributed by atoms with Gasteiger partial charge in [0.15, 0.2) is 0 Å². The smallest absolute Gasteiger partial charge is 0.274 e. The van der Waals surface area contributed by atoms with E-state index in [0.717, 1.165) is 0 Å². The van der Waals surface area contributed by atoms with Gasteiger partial charge >= 0.3 is 5.92 Å². The minimum absolute atomic E-state index is 0.532. The number of hydrogen-bond acceptors (Lipinski definition) is 1. The van der Waals surface area contributed by atoms with Gasteiger partial charge in [-0.2, -0.15) is 8.78 Å². The fraction of sp³-hybridized carbons (Fsp3) is 0.750. The molecule has 0 aromatic heterocycles. The normalized spacial score (nSPS) is 11.5. The maximum absolute atomic E-state index is 11.8. The van der Waals surface area contributed by atoms with Gasteiger partial charge in [-0.15, -0.1) is 0 Å². The summed E-state index contributed by atoms with van der Waals surface area (Å²) in [6.07, 6.45) is -0.532. The summed E-state index contributed by atoms with van der Waals surface area (Å²) >= 11 is 4.48. The minimum atomic E-state index is -3.33. The molecule has 0 unspecified atom stereocenters. The molecular weight excluding hydrogens is 137 g/mol. The molecule has 8 heavy (non-hydrogen) atoms. The number of carbonyl (C=O) groups is 1. The van der Waals surface area contributed by atoms with E-state index < -0.39 is 17.6 Å². The molecule has 0 spiro atoms. The average Bonchev–Trinajstić information content (AvgIpc) is 1.67. The summed E-state index contributed by atoms with van der Waals surface area (Å²) in [5.74, 6) is -3.33. The quantitative estimate of drug-likeness (QED) is 0.538. The van der Waals surface area contributed by atoms with Crippen molar-refractivity contribution in [3.05, 3.63) is 0 Å². The van der Waals surface area contributed by atoms with Crippen molar-refractivity contribution in [2.24, 2.45) is 0 Å². The zero-order valence-corrected chi connectivity index (χ0v) is 5.01. The molecule has 0 atom stereocenters. The zero-order chi connectivity index (χ0) is 6.78. The molecule has 0 aliphatic carbocycles. The molecule has 0 heterocycles. The number of carbonyl (C=O) groups excluding carboxylic acids is 1. The van der Waals surface area contributed by atoms with E-state index in [1.165, 1.54) is 6.92 Å². The summed E-state index contributed by atoms with van der Waals surface area (Å²) in [5, 5.41) is -1.58. The van der Waals surface area contributed by atoms with Gasteiger partial charge in [0.25, 0.3) is 5.24 Å². The first-order valence-electron chi connectivity index (χ1n) is 2.08. The first-order chi connectivity index (χ1) is 3.50. The van der Waals surface area contributed by atoms with Crippen LogP contribution < -0.4 is 0 Å². The fourth-order valence-corrected chi connectivity index (χ4v) is 0.273. The molecule has 0 radical (unpaired) electrons. The number of alkyl halides is 2. The van der Waals surface area contributed by atoms with Gasteiger partial charge < -0.3 is 0 Å². The van der Waals surface area contributed by atoms with Crippen LogP contribution in [0.25, 0.3) is 0 Å². The van der Waals surface area contributed by atoms with E-state index in [4.69, 9.17) is 0 Å². The van der Waals surface area contributed by atoms with Crippen molar-refractivity contribution in [2.75, 3.05) is 0 Å². The SMILES string of the molecule is CCC(F)(F)C(=O)Cl. The summed E-state index contributed by atoms with van der Waals surface area (Å²) < 4.78 is 23.6. The van der Waals surface area contributed by atoms with Crippen LogP contribution >= 0.6 is 11.6 Å². The lowest BCUT2D eigenvalue weighted by Gasteiger charge is -2.04. The maximum atomic E-state index is 11.8. The Labute approximate surface area is 50.6 Å². The predicted octanol–water partition coefficient (Wildman–Crippen LogP) is 1.80. The van der Waals surface area contributed by atoms with Crippen LogP contribution in [0.1, 0.15) is 13.3 Å². The summed E-state index contributed by atoms with van der Waals surface area (Å²) in [7, 11) is 0. The van der Waals surface area contributed by atoms with E-state index in [-0.39, 0.29) is 0 Å². The van der Waals surface area contributed by atoms with Crippen LogP contribution in [0.5, 0.6) is 0 Å². The van der Waals surface area contributed by atoms with Gasteiger partial charge in [-0.05, 0) is 11.6 Å². The topological polar surface area (TPSA) is 17.1 Å². The van der Waals surface area contributed by atoms with Crippen LogP contribution in [0.4, 0.5) is 8.78 Å². The third-order valence-corrected chi connectivity index (χ3v) is 1.01. The monoisotopic (exact) mass is 142 g/mol. The molecule has 4 heteroatoms. The second kappa shape index (κ2) is 2.40. The maximum Gasteiger partial charge on any atom is 0.319 e. The lowest BCUT2D eigenvalue weighted by molar-refractivity contribution is -0.134. The molecule has 0 aromatic rings. The van der Waals surface area contributed by atoms with E-state index in [1.54, 1.807) is 0 Å². The van der Waals surface area contributed by atoms with Crippen molar-refractivity contribution in [1.29, 1.82) is 0 Å². The van der Waals surface area contributed by atoms with E-state index in [0.29, 0.717) is 0 Å². The van der Waals surface area contributed by atoms with Crippen molar-refractivity contribution in [1.82, 2.24) is 0 Å². The molecule has 48 valence electrons. The average molecular weight is 143 g/mol. The Morgan fingerprint density at radius 2 is 2.12 bits per heavy atom. The molecule has 0 rings (SSSR count). The largest absolute Gasteiger partial charge is 0.319 e. The van der Waals surface area contributed by atoms with Gasteiger partial charge in [-0.1, -0.05) is 6.92 Å².